The van der Waals surface area contributed by atoms with Crippen molar-refractivity contribution in [3.8, 4) is 0 Å². The van der Waals surface area contributed by atoms with E-state index in [1.54, 1.807) is 18.2 Å². The minimum Gasteiger partial charge on any atom is -0.543 e. The molecule has 3 rings (SSSR count). The number of nitrogens with zero attached hydrogens (tertiary/aromatic N) is 2. The van der Waals surface area contributed by atoms with Crippen molar-refractivity contribution >= 4 is 33.8 Å². The first-order chi connectivity index (χ1) is 13.2. The zero-order chi connectivity index (χ0) is 20.6. The molecular weight excluding hydrogens is 411 g/mol. The van der Waals surface area contributed by atoms with Crippen molar-refractivity contribution in [3.05, 3.63) is 70.6 Å². The Bertz CT molecular complexity index is 1100. The van der Waals surface area contributed by atoms with Crippen LogP contribution in [0.1, 0.15) is 5.69 Å². The van der Waals surface area contributed by atoms with Crippen molar-refractivity contribution in [2.75, 3.05) is 7.11 Å². The van der Waals surface area contributed by atoms with E-state index in [1.165, 1.54) is 12.3 Å². The molecule has 0 aromatic carbocycles. The van der Waals surface area contributed by atoms with Gasteiger partial charge in [-0.25, -0.2) is 13.2 Å². The number of carbonyl (C=O) groups excluding carboxylic acids is 3. The van der Waals surface area contributed by atoms with Crippen LogP contribution in [-0.4, -0.2) is 48.6 Å². The zero-order valence-corrected chi connectivity index (χ0v) is 18.3. The standard InChI is InChI=1S/C18H14N2O7S.Na/c1-10-12(6-7-14(21)27-2)15(18(23)24)20-16(22)13(17(20)28(10,25)26)9-11-5-3-4-8-19-11;/h3-9,17H,1H2,2H3,(H,23,24);/q;+1/p-1/b7-6+,13-9-;/t17-;/m1./s1. The number of methoxy groups -OCH3 is 1. The van der Waals surface area contributed by atoms with Gasteiger partial charge in [0.1, 0.15) is 0 Å². The van der Waals surface area contributed by atoms with E-state index >= 15 is 0 Å². The maximum Gasteiger partial charge on any atom is 1.00 e. The maximum atomic E-state index is 12.9. The molecule has 144 valence electrons. The molecule has 1 saturated heterocycles. The summed E-state index contributed by atoms with van der Waals surface area (Å²) in [4.78, 5) is 39.6. The number of aliphatic carboxylic acids is 1. The Morgan fingerprint density at radius 2 is 2.03 bits per heavy atom. The fourth-order valence-corrected chi connectivity index (χ4v) is 4.57. The van der Waals surface area contributed by atoms with Gasteiger partial charge in [0.25, 0.3) is 5.91 Å². The second kappa shape index (κ2) is 8.46. The molecule has 0 aliphatic carbocycles. The summed E-state index contributed by atoms with van der Waals surface area (Å²) >= 11 is 0. The van der Waals surface area contributed by atoms with E-state index in [9.17, 15) is 27.9 Å². The number of amides is 1. The number of hydrogen-bond donors (Lipinski definition) is 0. The van der Waals surface area contributed by atoms with E-state index in [0.29, 0.717) is 10.6 Å². The second-order valence-electron chi connectivity index (χ2n) is 5.76. The Kier molecular flexibility index (Phi) is 6.63. The number of carboxylic acids is 1. The van der Waals surface area contributed by atoms with Crippen molar-refractivity contribution in [2.45, 2.75) is 5.37 Å². The number of aromatic nitrogens is 1. The van der Waals surface area contributed by atoms with Crippen LogP contribution in [0.3, 0.4) is 0 Å². The van der Waals surface area contributed by atoms with E-state index in [1.807, 2.05) is 0 Å². The summed E-state index contributed by atoms with van der Waals surface area (Å²) in [6.45, 7) is 3.45. The molecule has 2 aliphatic heterocycles. The monoisotopic (exact) mass is 424 g/mol. The van der Waals surface area contributed by atoms with Gasteiger partial charge in [0, 0.05) is 17.8 Å². The fraction of sp³-hybridized carbons (Fsp3) is 0.111. The maximum absolute atomic E-state index is 12.9. The van der Waals surface area contributed by atoms with Gasteiger partial charge in [0.05, 0.1) is 34.9 Å². The predicted molar refractivity (Wildman–Crippen MR) is 94.1 cm³/mol. The third-order valence-corrected chi connectivity index (χ3v) is 6.13. The van der Waals surface area contributed by atoms with Gasteiger partial charge in [-0.05, 0) is 24.3 Å². The van der Waals surface area contributed by atoms with Crippen LogP contribution in [0.25, 0.3) is 6.08 Å². The van der Waals surface area contributed by atoms with Gasteiger partial charge in [-0.1, -0.05) is 12.6 Å². The number of fused-ring (bicyclic) bond motifs is 1. The van der Waals surface area contributed by atoms with Gasteiger partial charge in [-0.2, -0.15) is 0 Å². The largest absolute Gasteiger partial charge is 1.00 e. The van der Waals surface area contributed by atoms with Crippen LogP contribution >= 0.6 is 0 Å². The van der Waals surface area contributed by atoms with Gasteiger partial charge < -0.3 is 14.6 Å². The van der Waals surface area contributed by atoms with Crippen molar-refractivity contribution in [3.63, 3.8) is 0 Å². The second-order valence-corrected chi connectivity index (χ2v) is 7.79. The summed E-state index contributed by atoms with van der Waals surface area (Å²) in [5.74, 6) is -3.45. The molecule has 29 heavy (non-hydrogen) atoms. The molecule has 0 spiro atoms. The van der Waals surface area contributed by atoms with Crippen LogP contribution in [0, 0.1) is 0 Å². The quantitative estimate of drug-likeness (QED) is 0.209. The third kappa shape index (κ3) is 3.84. The molecule has 1 aromatic rings. The smallest absolute Gasteiger partial charge is 0.543 e. The topological polar surface area (TPSA) is 134 Å². The summed E-state index contributed by atoms with van der Waals surface area (Å²) in [5, 5.41) is 10.1. The number of ether oxygens (including phenoxy) is 1. The van der Waals surface area contributed by atoms with Crippen molar-refractivity contribution in [1.29, 1.82) is 0 Å². The molecule has 1 atom stereocenters. The molecule has 0 radical (unpaired) electrons. The van der Waals surface area contributed by atoms with E-state index in [-0.39, 0.29) is 35.1 Å². The molecule has 11 heteroatoms. The third-order valence-electron chi connectivity index (χ3n) is 4.17. The summed E-state index contributed by atoms with van der Waals surface area (Å²) in [6, 6.07) is 4.86. The van der Waals surface area contributed by atoms with Crippen LogP contribution in [0.2, 0.25) is 0 Å². The van der Waals surface area contributed by atoms with Crippen LogP contribution in [0.5, 0.6) is 0 Å². The minimum atomic E-state index is -4.21. The van der Waals surface area contributed by atoms with Gasteiger partial charge in [-0.15, -0.1) is 0 Å². The number of carboxylic acid groups (broad SMARTS) is 1. The zero-order valence-electron chi connectivity index (χ0n) is 15.5. The van der Waals surface area contributed by atoms with Gasteiger partial charge in [-0.3, -0.25) is 14.7 Å². The molecular formula is C18H13N2NaO7S. The normalized spacial score (nSPS) is 21.5. The number of allylic oxidation sites excluding steroid dienone is 2. The molecule has 3 heterocycles. The van der Waals surface area contributed by atoms with Crippen LogP contribution < -0.4 is 34.7 Å². The predicted octanol–water partition coefficient (Wildman–Crippen LogP) is -3.69. The first-order valence-corrected chi connectivity index (χ1v) is 9.35. The number of rotatable bonds is 4. The Morgan fingerprint density at radius 3 is 2.59 bits per heavy atom. The number of sulfone groups is 1. The summed E-state index contributed by atoms with van der Waals surface area (Å²) < 4.78 is 30.1. The van der Waals surface area contributed by atoms with E-state index in [4.69, 9.17) is 0 Å². The summed E-state index contributed by atoms with van der Waals surface area (Å²) in [7, 11) is -3.12. The van der Waals surface area contributed by atoms with Crippen LogP contribution in [0.15, 0.2) is 64.9 Å². The van der Waals surface area contributed by atoms with Crippen molar-refractivity contribution in [1.82, 2.24) is 9.88 Å². The van der Waals surface area contributed by atoms with Gasteiger partial charge in [0.2, 0.25) is 9.84 Å². The van der Waals surface area contributed by atoms with E-state index in [0.717, 1.165) is 19.3 Å². The average Bonchev–Trinajstić information content (AvgIpc) is 2.67. The molecule has 0 N–H and O–H groups in total. The molecule has 2 aliphatic rings. The number of esters is 1. The minimum absolute atomic E-state index is 0. The Labute approximate surface area is 188 Å². The molecule has 0 bridgehead atoms. The Balaban J connectivity index is 0.00000300. The fourth-order valence-electron chi connectivity index (χ4n) is 2.85. The molecule has 0 saturated carbocycles. The van der Waals surface area contributed by atoms with E-state index in [2.05, 4.69) is 16.3 Å². The number of carbonyl (C=O) groups is 3. The first-order valence-electron chi connectivity index (χ1n) is 7.81. The van der Waals surface area contributed by atoms with Crippen molar-refractivity contribution in [2.24, 2.45) is 0 Å². The molecule has 0 unspecified atom stereocenters. The number of β-lactam (4-membered cyclic amide) rings is 1. The average molecular weight is 424 g/mol. The number of pyridine rings is 1. The molecule has 1 aromatic heterocycles. The first kappa shape index (κ1) is 22.8. The van der Waals surface area contributed by atoms with Crippen molar-refractivity contribution < 1.29 is 62.2 Å². The Hall–Kier alpha value is -2.53. The van der Waals surface area contributed by atoms with Crippen LogP contribution in [0.4, 0.5) is 0 Å². The van der Waals surface area contributed by atoms with Crippen LogP contribution in [-0.2, 0) is 29.0 Å². The molecule has 9 nitrogen and oxygen atoms in total. The SMILES string of the molecule is C=C1C(/C=C/C(=O)OC)=C(C(=O)[O-])N2C(=O)/C(=C/c3ccccn3)[C@H]2S1(=O)=O.[Na+]. The molecule has 1 amide bonds. The molecule has 1 fully saturated rings. The van der Waals surface area contributed by atoms with Gasteiger partial charge >= 0.3 is 35.5 Å². The summed E-state index contributed by atoms with van der Waals surface area (Å²) in [6.07, 6.45) is 4.48. The van der Waals surface area contributed by atoms with E-state index < -0.39 is 49.2 Å². The summed E-state index contributed by atoms with van der Waals surface area (Å²) in [5.41, 5.74) is -0.920. The van der Waals surface area contributed by atoms with Gasteiger partial charge in [0.15, 0.2) is 5.37 Å². The Morgan fingerprint density at radius 1 is 1.34 bits per heavy atom. The number of hydrogen-bond acceptors (Lipinski definition) is 8.